The predicted octanol–water partition coefficient (Wildman–Crippen LogP) is 1.51. The number of carbonyl (C=O) groups is 1. The van der Waals surface area contributed by atoms with Crippen LogP contribution in [0.4, 0.5) is 5.69 Å². The molecule has 0 radical (unpaired) electrons. The van der Waals surface area contributed by atoms with Crippen LogP contribution in [0.3, 0.4) is 0 Å². The SMILES string of the molecule is CC(=O)c1ccc(N2CCCOCC2)cn1. The minimum absolute atomic E-state index is 0.00532. The Bertz CT molecular complexity index is 354. The zero-order valence-corrected chi connectivity index (χ0v) is 9.48. The van der Waals surface area contributed by atoms with Gasteiger partial charge in [-0.25, -0.2) is 0 Å². The maximum Gasteiger partial charge on any atom is 0.178 e. The number of aromatic nitrogens is 1. The van der Waals surface area contributed by atoms with Crippen molar-refractivity contribution in [1.82, 2.24) is 4.98 Å². The highest BCUT2D eigenvalue weighted by Crippen LogP contribution is 2.15. The minimum atomic E-state index is 0.00532. The van der Waals surface area contributed by atoms with Gasteiger partial charge in [0.05, 0.1) is 18.5 Å². The lowest BCUT2D eigenvalue weighted by Crippen LogP contribution is -2.26. The molecule has 2 rings (SSSR count). The summed E-state index contributed by atoms with van der Waals surface area (Å²) in [6.45, 7) is 4.99. The van der Waals surface area contributed by atoms with Gasteiger partial charge >= 0.3 is 0 Å². The highest BCUT2D eigenvalue weighted by atomic mass is 16.5. The van der Waals surface area contributed by atoms with Crippen LogP contribution in [0.15, 0.2) is 18.3 Å². The van der Waals surface area contributed by atoms with E-state index >= 15 is 0 Å². The monoisotopic (exact) mass is 220 g/mol. The van der Waals surface area contributed by atoms with E-state index in [9.17, 15) is 4.79 Å². The predicted molar refractivity (Wildman–Crippen MR) is 61.9 cm³/mol. The fourth-order valence-electron chi connectivity index (χ4n) is 1.79. The maximum absolute atomic E-state index is 11.1. The lowest BCUT2D eigenvalue weighted by Gasteiger charge is -2.21. The van der Waals surface area contributed by atoms with Gasteiger partial charge in [-0.1, -0.05) is 0 Å². The fourth-order valence-corrected chi connectivity index (χ4v) is 1.79. The molecular formula is C12H16N2O2. The lowest BCUT2D eigenvalue weighted by molar-refractivity contribution is 0.101. The van der Waals surface area contributed by atoms with Crippen LogP contribution in [0.1, 0.15) is 23.8 Å². The summed E-state index contributed by atoms with van der Waals surface area (Å²) < 4.78 is 5.39. The van der Waals surface area contributed by atoms with Crippen molar-refractivity contribution in [2.75, 3.05) is 31.2 Å². The third-order valence-corrected chi connectivity index (χ3v) is 2.70. The number of pyridine rings is 1. The molecule has 86 valence electrons. The van der Waals surface area contributed by atoms with Crippen LogP contribution >= 0.6 is 0 Å². The van der Waals surface area contributed by atoms with Gasteiger partial charge in [0, 0.05) is 26.6 Å². The van der Waals surface area contributed by atoms with E-state index in [-0.39, 0.29) is 5.78 Å². The molecule has 0 atom stereocenters. The van der Waals surface area contributed by atoms with Gasteiger partial charge in [-0.2, -0.15) is 0 Å². The smallest absolute Gasteiger partial charge is 0.178 e. The molecule has 0 N–H and O–H groups in total. The van der Waals surface area contributed by atoms with Crippen molar-refractivity contribution in [1.29, 1.82) is 0 Å². The Hall–Kier alpha value is -1.42. The molecule has 0 saturated carbocycles. The van der Waals surface area contributed by atoms with Crippen LogP contribution in [-0.4, -0.2) is 37.1 Å². The van der Waals surface area contributed by atoms with Crippen LogP contribution in [0.5, 0.6) is 0 Å². The van der Waals surface area contributed by atoms with Gasteiger partial charge in [0.2, 0.25) is 0 Å². The lowest BCUT2D eigenvalue weighted by atomic mass is 10.2. The molecule has 1 aliphatic heterocycles. The Morgan fingerprint density at radius 1 is 1.38 bits per heavy atom. The number of rotatable bonds is 2. The second-order valence-corrected chi connectivity index (χ2v) is 3.91. The number of ketones is 1. The molecule has 1 aliphatic rings. The summed E-state index contributed by atoms with van der Waals surface area (Å²) in [5, 5.41) is 0. The highest BCUT2D eigenvalue weighted by molar-refractivity contribution is 5.92. The van der Waals surface area contributed by atoms with Gasteiger partial charge in [-0.3, -0.25) is 9.78 Å². The van der Waals surface area contributed by atoms with Crippen molar-refractivity contribution in [2.45, 2.75) is 13.3 Å². The molecule has 4 nitrogen and oxygen atoms in total. The van der Waals surface area contributed by atoms with Crippen LogP contribution < -0.4 is 4.90 Å². The first-order chi connectivity index (χ1) is 7.77. The first-order valence-electron chi connectivity index (χ1n) is 5.57. The van der Waals surface area contributed by atoms with E-state index in [1.165, 1.54) is 6.92 Å². The van der Waals surface area contributed by atoms with Crippen molar-refractivity contribution in [2.24, 2.45) is 0 Å². The minimum Gasteiger partial charge on any atom is -0.380 e. The van der Waals surface area contributed by atoms with Crippen molar-refractivity contribution >= 4 is 11.5 Å². The summed E-state index contributed by atoms with van der Waals surface area (Å²) in [4.78, 5) is 17.5. The van der Waals surface area contributed by atoms with Gasteiger partial charge in [0.1, 0.15) is 5.69 Å². The molecule has 0 spiro atoms. The van der Waals surface area contributed by atoms with Crippen molar-refractivity contribution in [3.05, 3.63) is 24.0 Å². The number of Topliss-reactive ketones (excluding diaryl/α,β-unsaturated/α-hetero) is 1. The highest BCUT2D eigenvalue weighted by Gasteiger charge is 2.10. The average Bonchev–Trinajstić information content (AvgIpc) is 2.57. The topological polar surface area (TPSA) is 42.4 Å². The zero-order valence-electron chi connectivity index (χ0n) is 9.48. The van der Waals surface area contributed by atoms with Gasteiger partial charge < -0.3 is 9.64 Å². The Kier molecular flexibility index (Phi) is 3.51. The Morgan fingerprint density at radius 2 is 2.25 bits per heavy atom. The van der Waals surface area contributed by atoms with E-state index in [0.29, 0.717) is 5.69 Å². The van der Waals surface area contributed by atoms with Crippen LogP contribution in [0.2, 0.25) is 0 Å². The summed E-state index contributed by atoms with van der Waals surface area (Å²) >= 11 is 0. The van der Waals surface area contributed by atoms with Crippen molar-refractivity contribution < 1.29 is 9.53 Å². The number of hydrogen-bond acceptors (Lipinski definition) is 4. The standard InChI is InChI=1S/C12H16N2O2/c1-10(15)12-4-3-11(9-13-12)14-5-2-7-16-8-6-14/h3-4,9H,2,5-8H2,1H3. The Morgan fingerprint density at radius 3 is 2.94 bits per heavy atom. The molecule has 0 unspecified atom stereocenters. The molecule has 0 amide bonds. The van der Waals surface area contributed by atoms with Crippen LogP contribution in [0.25, 0.3) is 0 Å². The van der Waals surface area contributed by atoms with E-state index in [1.807, 2.05) is 6.07 Å². The van der Waals surface area contributed by atoms with E-state index in [1.54, 1.807) is 12.3 Å². The summed E-state index contributed by atoms with van der Waals surface area (Å²) in [6.07, 6.45) is 2.80. The van der Waals surface area contributed by atoms with E-state index < -0.39 is 0 Å². The molecule has 1 aromatic rings. The number of ether oxygens (including phenoxy) is 1. The molecular weight excluding hydrogens is 204 g/mol. The zero-order chi connectivity index (χ0) is 11.4. The third-order valence-electron chi connectivity index (χ3n) is 2.70. The molecule has 16 heavy (non-hydrogen) atoms. The molecule has 2 heterocycles. The van der Waals surface area contributed by atoms with Crippen molar-refractivity contribution in [3.63, 3.8) is 0 Å². The number of nitrogens with zero attached hydrogens (tertiary/aromatic N) is 2. The first kappa shape index (κ1) is 11.1. The van der Waals surface area contributed by atoms with Gasteiger partial charge in [-0.15, -0.1) is 0 Å². The second-order valence-electron chi connectivity index (χ2n) is 3.91. The van der Waals surface area contributed by atoms with E-state index in [0.717, 1.165) is 38.4 Å². The quantitative estimate of drug-likeness (QED) is 0.708. The molecule has 0 bridgehead atoms. The summed E-state index contributed by atoms with van der Waals surface area (Å²) in [5.41, 5.74) is 1.59. The second kappa shape index (κ2) is 5.07. The van der Waals surface area contributed by atoms with E-state index in [4.69, 9.17) is 4.74 Å². The Balaban J connectivity index is 2.10. The fraction of sp³-hybridized carbons (Fsp3) is 0.500. The first-order valence-corrected chi connectivity index (χ1v) is 5.57. The largest absolute Gasteiger partial charge is 0.380 e. The molecule has 1 aromatic heterocycles. The summed E-state index contributed by atoms with van der Waals surface area (Å²) in [7, 11) is 0. The van der Waals surface area contributed by atoms with Crippen LogP contribution in [-0.2, 0) is 4.74 Å². The number of carbonyl (C=O) groups excluding carboxylic acids is 1. The summed E-state index contributed by atoms with van der Waals surface area (Å²) in [6, 6.07) is 3.73. The normalized spacial score (nSPS) is 16.9. The van der Waals surface area contributed by atoms with Gasteiger partial charge in [0.15, 0.2) is 5.78 Å². The van der Waals surface area contributed by atoms with Crippen LogP contribution in [0, 0.1) is 0 Å². The molecule has 1 saturated heterocycles. The molecule has 0 aromatic carbocycles. The molecule has 1 fully saturated rings. The molecule has 4 heteroatoms. The van der Waals surface area contributed by atoms with Gasteiger partial charge in [0.25, 0.3) is 0 Å². The van der Waals surface area contributed by atoms with E-state index in [2.05, 4.69) is 9.88 Å². The van der Waals surface area contributed by atoms with Crippen molar-refractivity contribution in [3.8, 4) is 0 Å². The third kappa shape index (κ3) is 2.58. The molecule has 0 aliphatic carbocycles. The van der Waals surface area contributed by atoms with Gasteiger partial charge in [-0.05, 0) is 18.6 Å². The average molecular weight is 220 g/mol. The summed E-state index contributed by atoms with van der Waals surface area (Å²) in [5.74, 6) is 0.00532. The number of hydrogen-bond donors (Lipinski definition) is 0. The Labute approximate surface area is 95.2 Å². The number of anilines is 1. The maximum atomic E-state index is 11.1.